The first-order valence-corrected chi connectivity index (χ1v) is 8.39. The summed E-state index contributed by atoms with van der Waals surface area (Å²) in [5.74, 6) is 1.79. The first-order valence-electron chi connectivity index (χ1n) is 8.39. The Labute approximate surface area is 144 Å². The first kappa shape index (κ1) is 15.5. The molecule has 128 valence electrons. The molecule has 0 amide bonds. The molecule has 0 saturated carbocycles. The van der Waals surface area contributed by atoms with Crippen LogP contribution in [0.15, 0.2) is 41.7 Å². The van der Waals surface area contributed by atoms with Crippen LogP contribution in [0.25, 0.3) is 10.9 Å². The predicted octanol–water partition coefficient (Wildman–Crippen LogP) is 0.928. The molecule has 4 heterocycles. The van der Waals surface area contributed by atoms with E-state index in [0.29, 0.717) is 6.54 Å². The fourth-order valence-corrected chi connectivity index (χ4v) is 3.13. The molecule has 25 heavy (non-hydrogen) atoms. The topological polar surface area (TPSA) is 80.0 Å². The van der Waals surface area contributed by atoms with Crippen LogP contribution >= 0.6 is 0 Å². The van der Waals surface area contributed by atoms with Crippen LogP contribution in [0.1, 0.15) is 6.92 Å². The van der Waals surface area contributed by atoms with E-state index in [1.165, 1.54) is 4.68 Å². The lowest BCUT2D eigenvalue weighted by Gasteiger charge is -2.36. The predicted molar refractivity (Wildman–Crippen MR) is 95.9 cm³/mol. The summed E-state index contributed by atoms with van der Waals surface area (Å²) in [5, 5.41) is 5.46. The van der Waals surface area contributed by atoms with Gasteiger partial charge in [0.1, 0.15) is 18.0 Å². The fraction of sp³-hybridized carbons (Fsp3) is 0.353. The fourth-order valence-electron chi connectivity index (χ4n) is 3.13. The van der Waals surface area contributed by atoms with Crippen LogP contribution in [0.4, 0.5) is 11.6 Å². The Morgan fingerprint density at radius 1 is 1.04 bits per heavy atom. The molecule has 0 spiro atoms. The molecule has 0 bridgehead atoms. The van der Waals surface area contributed by atoms with E-state index in [4.69, 9.17) is 0 Å². The molecule has 1 fully saturated rings. The molecular formula is C17H19N7O. The minimum Gasteiger partial charge on any atom is -0.352 e. The Hall–Kier alpha value is -3.03. The molecule has 0 N–H and O–H groups in total. The van der Waals surface area contributed by atoms with Crippen LogP contribution in [0.3, 0.4) is 0 Å². The molecule has 1 aliphatic rings. The van der Waals surface area contributed by atoms with Gasteiger partial charge in [-0.05, 0) is 19.1 Å². The second-order valence-electron chi connectivity index (χ2n) is 5.91. The maximum absolute atomic E-state index is 11.7. The molecular weight excluding hydrogens is 318 g/mol. The molecule has 8 heteroatoms. The molecule has 0 unspecified atom stereocenters. The summed E-state index contributed by atoms with van der Waals surface area (Å²) in [6.45, 7) is 5.82. The van der Waals surface area contributed by atoms with Gasteiger partial charge in [-0.15, -0.1) is 0 Å². The van der Waals surface area contributed by atoms with Gasteiger partial charge in [-0.2, -0.15) is 5.10 Å². The van der Waals surface area contributed by atoms with Crippen LogP contribution in [0.5, 0.6) is 0 Å². The second-order valence-corrected chi connectivity index (χ2v) is 5.91. The molecule has 3 aromatic heterocycles. The van der Waals surface area contributed by atoms with E-state index in [0.717, 1.165) is 48.7 Å². The van der Waals surface area contributed by atoms with E-state index in [9.17, 15) is 4.79 Å². The van der Waals surface area contributed by atoms with Gasteiger partial charge >= 0.3 is 0 Å². The van der Waals surface area contributed by atoms with Crippen molar-refractivity contribution in [3.05, 3.63) is 47.3 Å². The zero-order valence-corrected chi connectivity index (χ0v) is 14.0. The van der Waals surface area contributed by atoms with Gasteiger partial charge in [0.25, 0.3) is 5.56 Å². The van der Waals surface area contributed by atoms with Crippen LogP contribution < -0.4 is 15.4 Å². The number of hydrogen-bond acceptors (Lipinski definition) is 7. The summed E-state index contributed by atoms with van der Waals surface area (Å²) in [5.41, 5.74) is 0.789. The van der Waals surface area contributed by atoms with Crippen LogP contribution in [-0.2, 0) is 6.54 Å². The van der Waals surface area contributed by atoms with Crippen molar-refractivity contribution in [2.75, 3.05) is 36.0 Å². The molecule has 0 radical (unpaired) electrons. The molecule has 3 aromatic rings. The highest BCUT2D eigenvalue weighted by molar-refractivity contribution is 5.88. The lowest BCUT2D eigenvalue weighted by Crippen LogP contribution is -2.47. The molecule has 0 atom stereocenters. The summed E-state index contributed by atoms with van der Waals surface area (Å²) in [7, 11) is 0. The monoisotopic (exact) mass is 337 g/mol. The van der Waals surface area contributed by atoms with Gasteiger partial charge in [0.2, 0.25) is 0 Å². The third-order valence-electron chi connectivity index (χ3n) is 4.47. The average molecular weight is 337 g/mol. The third-order valence-corrected chi connectivity index (χ3v) is 4.47. The molecule has 4 rings (SSSR count). The summed E-state index contributed by atoms with van der Waals surface area (Å²) < 4.78 is 1.49. The van der Waals surface area contributed by atoms with Crippen molar-refractivity contribution in [1.82, 2.24) is 24.7 Å². The van der Waals surface area contributed by atoms with E-state index in [1.54, 1.807) is 30.9 Å². The Morgan fingerprint density at radius 2 is 1.84 bits per heavy atom. The van der Waals surface area contributed by atoms with E-state index >= 15 is 0 Å². The SMILES string of the molecule is CCn1nc(N2CCN(c3ncnc4cnccc34)CC2)ccc1=O. The zero-order valence-electron chi connectivity index (χ0n) is 14.0. The van der Waals surface area contributed by atoms with E-state index in [1.807, 2.05) is 13.0 Å². The Kier molecular flexibility index (Phi) is 4.01. The number of aryl methyl sites for hydroxylation is 1. The third kappa shape index (κ3) is 2.90. The van der Waals surface area contributed by atoms with Crippen LogP contribution in [0, 0.1) is 0 Å². The van der Waals surface area contributed by atoms with Gasteiger partial charge < -0.3 is 9.80 Å². The van der Waals surface area contributed by atoms with Crippen molar-refractivity contribution in [3.63, 3.8) is 0 Å². The number of aromatic nitrogens is 5. The highest BCUT2D eigenvalue weighted by Crippen LogP contribution is 2.23. The molecule has 1 saturated heterocycles. The second kappa shape index (κ2) is 6.46. The van der Waals surface area contributed by atoms with Crippen molar-refractivity contribution in [1.29, 1.82) is 0 Å². The van der Waals surface area contributed by atoms with Gasteiger partial charge in [0, 0.05) is 50.4 Å². The van der Waals surface area contributed by atoms with E-state index in [-0.39, 0.29) is 5.56 Å². The van der Waals surface area contributed by atoms with Gasteiger partial charge in [0.05, 0.1) is 11.7 Å². The number of piperazine rings is 1. The quantitative estimate of drug-likeness (QED) is 0.703. The standard InChI is InChI=1S/C17H19N7O/c1-2-24-16(25)4-3-15(21-24)22-7-9-23(10-8-22)17-13-5-6-18-11-14(13)19-12-20-17/h3-6,11-12H,2,7-10H2,1H3. The Balaban J connectivity index is 1.54. The minimum absolute atomic E-state index is 0.0639. The number of hydrogen-bond donors (Lipinski definition) is 0. The van der Waals surface area contributed by atoms with Gasteiger partial charge in [0.15, 0.2) is 0 Å². The largest absolute Gasteiger partial charge is 0.352 e. The van der Waals surface area contributed by atoms with Crippen LogP contribution in [0.2, 0.25) is 0 Å². The van der Waals surface area contributed by atoms with Crippen molar-refractivity contribution in [2.45, 2.75) is 13.5 Å². The number of fused-ring (bicyclic) bond motifs is 1. The smallest absolute Gasteiger partial charge is 0.266 e. The zero-order chi connectivity index (χ0) is 17.2. The summed E-state index contributed by atoms with van der Waals surface area (Å²) in [4.78, 5) is 29.0. The van der Waals surface area contributed by atoms with Crippen molar-refractivity contribution in [2.24, 2.45) is 0 Å². The highest BCUT2D eigenvalue weighted by atomic mass is 16.1. The molecule has 8 nitrogen and oxygen atoms in total. The summed E-state index contributed by atoms with van der Waals surface area (Å²) in [6, 6.07) is 5.34. The molecule has 1 aliphatic heterocycles. The maximum Gasteiger partial charge on any atom is 0.266 e. The summed E-state index contributed by atoms with van der Waals surface area (Å²) in [6.07, 6.45) is 5.11. The van der Waals surface area contributed by atoms with Crippen molar-refractivity contribution >= 4 is 22.5 Å². The normalized spacial score (nSPS) is 14.9. The highest BCUT2D eigenvalue weighted by Gasteiger charge is 2.21. The van der Waals surface area contributed by atoms with Gasteiger partial charge in [-0.25, -0.2) is 14.6 Å². The van der Waals surface area contributed by atoms with Crippen LogP contribution in [-0.4, -0.2) is 50.9 Å². The van der Waals surface area contributed by atoms with E-state index in [2.05, 4.69) is 29.9 Å². The maximum atomic E-state index is 11.7. The van der Waals surface area contributed by atoms with Gasteiger partial charge in [-0.1, -0.05) is 0 Å². The Morgan fingerprint density at radius 3 is 2.64 bits per heavy atom. The molecule has 0 aromatic carbocycles. The average Bonchev–Trinajstić information content (AvgIpc) is 2.68. The lowest BCUT2D eigenvalue weighted by molar-refractivity contribution is 0.588. The number of pyridine rings is 1. The minimum atomic E-state index is -0.0639. The number of anilines is 2. The van der Waals surface area contributed by atoms with Crippen molar-refractivity contribution in [3.8, 4) is 0 Å². The van der Waals surface area contributed by atoms with E-state index < -0.39 is 0 Å². The lowest BCUT2D eigenvalue weighted by atomic mass is 10.2. The first-order chi connectivity index (χ1) is 12.3. The number of nitrogens with zero attached hydrogens (tertiary/aromatic N) is 7. The summed E-state index contributed by atoms with van der Waals surface area (Å²) >= 11 is 0. The Bertz CT molecular complexity index is 942. The number of rotatable bonds is 3. The molecule has 0 aliphatic carbocycles. The van der Waals surface area contributed by atoms with Gasteiger partial charge in [-0.3, -0.25) is 9.78 Å². The van der Waals surface area contributed by atoms with Crippen molar-refractivity contribution < 1.29 is 0 Å².